The van der Waals surface area contributed by atoms with Gasteiger partial charge in [0.05, 0.1) is 0 Å². The molecule has 0 unspecified atom stereocenters. The van der Waals surface area contributed by atoms with E-state index in [9.17, 15) is 4.79 Å². The van der Waals surface area contributed by atoms with Gasteiger partial charge in [0.15, 0.2) is 0 Å². The summed E-state index contributed by atoms with van der Waals surface area (Å²) in [6, 6.07) is 8.72. The van der Waals surface area contributed by atoms with E-state index in [2.05, 4.69) is 29.4 Å². The Morgan fingerprint density at radius 2 is 1.92 bits per heavy atom. The summed E-state index contributed by atoms with van der Waals surface area (Å²) in [5.74, 6) is 0.185. The maximum Gasteiger partial charge on any atom is 0.290 e. The average Bonchev–Trinajstić information content (AvgIpc) is 3.18. The molecule has 2 aliphatic rings. The Bertz CT molecular complexity index is 806. The second-order valence-electron chi connectivity index (χ2n) is 7.78. The highest BCUT2D eigenvalue weighted by molar-refractivity contribution is 5.98. The smallest absolute Gasteiger partial charge is 0.290 e. The third-order valence-corrected chi connectivity index (χ3v) is 5.67. The zero-order valence-corrected chi connectivity index (χ0v) is 15.7. The highest BCUT2D eigenvalue weighted by Crippen LogP contribution is 2.40. The molecule has 0 saturated carbocycles. The van der Waals surface area contributed by atoms with Crippen LogP contribution in [0.4, 0.5) is 0 Å². The van der Waals surface area contributed by atoms with Gasteiger partial charge in [0.2, 0.25) is 0 Å². The Labute approximate surface area is 154 Å². The lowest BCUT2D eigenvalue weighted by Crippen LogP contribution is -2.59. The van der Waals surface area contributed by atoms with Crippen LogP contribution in [0.25, 0.3) is 10.9 Å². The molecule has 0 bridgehead atoms. The van der Waals surface area contributed by atoms with Crippen LogP contribution in [0.5, 0.6) is 0 Å². The number of rotatable bonds is 2. The Morgan fingerprint density at radius 3 is 2.54 bits per heavy atom. The van der Waals surface area contributed by atoms with Crippen molar-refractivity contribution in [1.82, 2.24) is 14.4 Å². The first kappa shape index (κ1) is 18.5. The first-order valence-electron chi connectivity index (χ1n) is 9.05. The van der Waals surface area contributed by atoms with E-state index in [-0.39, 0.29) is 12.4 Å². The SMILES string of the molecule is CC(C)N1CCC2(CN(C(=O)c3ccc4c(ccn4C)c3)C2)C1.O=CO. The zero-order chi connectivity index (χ0) is 18.9. The molecule has 2 aliphatic heterocycles. The molecule has 6 heteroatoms. The molecule has 3 heterocycles. The van der Waals surface area contributed by atoms with Gasteiger partial charge in [0.1, 0.15) is 0 Å². The van der Waals surface area contributed by atoms with Gasteiger partial charge >= 0.3 is 0 Å². The van der Waals surface area contributed by atoms with E-state index in [1.807, 2.05) is 36.3 Å². The largest absolute Gasteiger partial charge is 0.483 e. The molecule has 4 rings (SSSR count). The fourth-order valence-corrected chi connectivity index (χ4v) is 4.17. The van der Waals surface area contributed by atoms with Crippen LogP contribution in [-0.4, -0.2) is 64.1 Å². The highest BCUT2D eigenvalue weighted by Gasteiger charge is 2.49. The number of carboxylic acid groups (broad SMARTS) is 1. The van der Waals surface area contributed by atoms with Crippen molar-refractivity contribution in [3.8, 4) is 0 Å². The third-order valence-electron chi connectivity index (χ3n) is 5.67. The second kappa shape index (κ2) is 7.11. The summed E-state index contributed by atoms with van der Waals surface area (Å²) < 4.78 is 2.08. The number of carbonyl (C=O) groups excluding carboxylic acids is 1. The summed E-state index contributed by atoms with van der Waals surface area (Å²) >= 11 is 0. The summed E-state index contributed by atoms with van der Waals surface area (Å²) in [6.45, 7) is 8.43. The molecule has 0 aliphatic carbocycles. The van der Waals surface area contributed by atoms with Crippen molar-refractivity contribution in [2.24, 2.45) is 12.5 Å². The minimum Gasteiger partial charge on any atom is -0.483 e. The van der Waals surface area contributed by atoms with Crippen molar-refractivity contribution in [3.63, 3.8) is 0 Å². The lowest BCUT2D eigenvalue weighted by atomic mass is 9.78. The van der Waals surface area contributed by atoms with Crippen molar-refractivity contribution in [2.75, 3.05) is 26.2 Å². The van der Waals surface area contributed by atoms with E-state index in [0.29, 0.717) is 11.5 Å². The van der Waals surface area contributed by atoms with Gasteiger partial charge in [-0.25, -0.2) is 0 Å². The van der Waals surface area contributed by atoms with Crippen LogP contribution in [0.1, 0.15) is 30.6 Å². The summed E-state index contributed by atoms with van der Waals surface area (Å²) in [5, 5.41) is 8.03. The minimum atomic E-state index is -0.250. The summed E-state index contributed by atoms with van der Waals surface area (Å²) in [7, 11) is 2.03. The molecule has 1 aromatic carbocycles. The van der Waals surface area contributed by atoms with Gasteiger partial charge in [-0.1, -0.05) is 0 Å². The maximum atomic E-state index is 12.7. The van der Waals surface area contributed by atoms with E-state index < -0.39 is 0 Å². The molecular weight excluding hydrogens is 330 g/mol. The topological polar surface area (TPSA) is 65.8 Å². The summed E-state index contributed by atoms with van der Waals surface area (Å²) in [5.41, 5.74) is 2.35. The van der Waals surface area contributed by atoms with E-state index in [4.69, 9.17) is 9.90 Å². The number of aromatic nitrogens is 1. The van der Waals surface area contributed by atoms with Gasteiger partial charge in [0.25, 0.3) is 12.4 Å². The Balaban J connectivity index is 0.000000613. The fraction of sp³-hybridized carbons (Fsp3) is 0.500. The Kier molecular flexibility index (Phi) is 5.05. The molecule has 1 amide bonds. The van der Waals surface area contributed by atoms with Crippen LogP contribution in [0.15, 0.2) is 30.5 Å². The highest BCUT2D eigenvalue weighted by atomic mass is 16.3. The predicted molar refractivity (Wildman–Crippen MR) is 101 cm³/mol. The maximum absolute atomic E-state index is 12.7. The van der Waals surface area contributed by atoms with Crippen LogP contribution >= 0.6 is 0 Å². The molecular formula is C20H27N3O3. The van der Waals surface area contributed by atoms with Crippen molar-refractivity contribution in [1.29, 1.82) is 0 Å². The van der Waals surface area contributed by atoms with Crippen molar-refractivity contribution >= 4 is 23.3 Å². The molecule has 1 spiro atoms. The Morgan fingerprint density at radius 1 is 1.23 bits per heavy atom. The molecule has 2 fully saturated rings. The van der Waals surface area contributed by atoms with Crippen molar-refractivity contribution in [2.45, 2.75) is 26.3 Å². The average molecular weight is 357 g/mol. The van der Waals surface area contributed by atoms with E-state index >= 15 is 0 Å². The number of benzene rings is 1. The van der Waals surface area contributed by atoms with Gasteiger partial charge < -0.3 is 19.5 Å². The zero-order valence-electron chi connectivity index (χ0n) is 15.7. The lowest BCUT2D eigenvalue weighted by molar-refractivity contribution is -0.122. The standard InChI is InChI=1S/C19H25N3O.CH2O2/c1-14(2)21-9-7-19(11-21)12-22(13-19)18(23)16-4-5-17-15(10-16)6-8-20(17)3;2-1-3/h4-6,8,10,14H,7,9,11-13H2,1-3H3;1H,(H,2,3). The lowest BCUT2D eigenvalue weighted by Gasteiger charge is -2.48. The van der Waals surface area contributed by atoms with E-state index in [1.165, 1.54) is 18.5 Å². The number of hydrogen-bond acceptors (Lipinski definition) is 3. The van der Waals surface area contributed by atoms with Crippen LogP contribution in [0.3, 0.4) is 0 Å². The first-order chi connectivity index (χ1) is 12.4. The molecule has 26 heavy (non-hydrogen) atoms. The monoisotopic (exact) mass is 357 g/mol. The van der Waals surface area contributed by atoms with Crippen molar-refractivity contribution in [3.05, 3.63) is 36.0 Å². The van der Waals surface area contributed by atoms with Crippen LogP contribution in [0.2, 0.25) is 0 Å². The van der Waals surface area contributed by atoms with Crippen LogP contribution < -0.4 is 0 Å². The quantitative estimate of drug-likeness (QED) is 0.839. The number of fused-ring (bicyclic) bond motifs is 1. The third kappa shape index (κ3) is 3.33. The number of aryl methyl sites for hydroxylation is 1. The first-order valence-corrected chi connectivity index (χ1v) is 9.05. The number of likely N-dealkylation sites (tertiary alicyclic amines) is 2. The molecule has 1 N–H and O–H groups in total. The predicted octanol–water partition coefficient (Wildman–Crippen LogP) is 2.44. The van der Waals surface area contributed by atoms with Crippen LogP contribution in [-0.2, 0) is 11.8 Å². The molecule has 0 atom stereocenters. The normalized spacial score (nSPS) is 18.7. The van der Waals surface area contributed by atoms with Crippen LogP contribution in [0, 0.1) is 5.41 Å². The van der Waals surface area contributed by atoms with Gasteiger partial charge in [0, 0.05) is 60.8 Å². The van der Waals surface area contributed by atoms with E-state index in [0.717, 1.165) is 30.6 Å². The fourth-order valence-electron chi connectivity index (χ4n) is 4.17. The molecule has 140 valence electrons. The van der Waals surface area contributed by atoms with Gasteiger partial charge in [-0.2, -0.15) is 0 Å². The van der Waals surface area contributed by atoms with Gasteiger partial charge in [-0.3, -0.25) is 9.59 Å². The van der Waals surface area contributed by atoms with Gasteiger partial charge in [-0.05, 0) is 51.1 Å². The number of amides is 1. The second-order valence-corrected chi connectivity index (χ2v) is 7.78. The molecule has 0 radical (unpaired) electrons. The van der Waals surface area contributed by atoms with E-state index in [1.54, 1.807) is 0 Å². The Hall–Kier alpha value is -2.34. The molecule has 2 saturated heterocycles. The molecule has 6 nitrogen and oxygen atoms in total. The summed E-state index contributed by atoms with van der Waals surface area (Å²) in [6.07, 6.45) is 3.27. The molecule has 1 aromatic heterocycles. The number of hydrogen-bond donors (Lipinski definition) is 1. The number of carbonyl (C=O) groups is 2. The summed E-state index contributed by atoms with van der Waals surface area (Å²) in [4.78, 5) is 25.7. The van der Waals surface area contributed by atoms with Crippen molar-refractivity contribution < 1.29 is 14.7 Å². The minimum absolute atomic E-state index is 0.185. The van der Waals surface area contributed by atoms with Gasteiger partial charge in [-0.15, -0.1) is 0 Å². The number of nitrogens with zero attached hydrogens (tertiary/aromatic N) is 3. The molecule has 2 aromatic rings.